The zero-order valence-electron chi connectivity index (χ0n) is 11.4. The zero-order valence-corrected chi connectivity index (χ0v) is 11.4. The van der Waals surface area contributed by atoms with Crippen LogP contribution in [-0.2, 0) is 0 Å². The number of nitrogens with one attached hydrogen (secondary N) is 2. The lowest BCUT2D eigenvalue weighted by Crippen LogP contribution is -2.24. The van der Waals surface area contributed by atoms with E-state index in [0.29, 0.717) is 12.1 Å². The molecule has 4 nitrogen and oxygen atoms in total. The number of nitrogens with zero attached hydrogens (tertiary/aromatic N) is 2. The summed E-state index contributed by atoms with van der Waals surface area (Å²) >= 11 is 0. The van der Waals surface area contributed by atoms with Gasteiger partial charge >= 0.3 is 0 Å². The van der Waals surface area contributed by atoms with Crippen LogP contribution in [0.25, 0.3) is 11.3 Å². The van der Waals surface area contributed by atoms with Crippen LogP contribution in [0.3, 0.4) is 0 Å². The molecule has 100 valence electrons. The number of likely N-dealkylation sites (N-methyl/N-ethyl adjacent to an activating group) is 1. The van der Waals surface area contributed by atoms with E-state index in [9.17, 15) is 0 Å². The molecule has 1 aliphatic heterocycles. The molecule has 19 heavy (non-hydrogen) atoms. The van der Waals surface area contributed by atoms with Gasteiger partial charge in [-0.2, -0.15) is 5.10 Å². The Labute approximate surface area is 113 Å². The van der Waals surface area contributed by atoms with E-state index in [2.05, 4.69) is 58.7 Å². The Morgan fingerprint density at radius 1 is 1.37 bits per heavy atom. The third-order valence-corrected chi connectivity index (χ3v) is 3.93. The van der Waals surface area contributed by atoms with Crippen molar-refractivity contribution >= 4 is 5.69 Å². The number of hydrogen-bond acceptors (Lipinski definition) is 3. The van der Waals surface area contributed by atoms with Gasteiger partial charge in [-0.25, -0.2) is 0 Å². The largest absolute Gasteiger partial charge is 0.381 e. The molecule has 1 aromatic carbocycles. The fourth-order valence-corrected chi connectivity index (χ4v) is 2.73. The maximum absolute atomic E-state index is 4.00. The normalized spacial score (nSPS) is 23.7. The van der Waals surface area contributed by atoms with Gasteiger partial charge in [-0.15, -0.1) is 0 Å². The van der Waals surface area contributed by atoms with Gasteiger partial charge in [0.2, 0.25) is 0 Å². The van der Waals surface area contributed by atoms with Crippen LogP contribution in [0.5, 0.6) is 0 Å². The van der Waals surface area contributed by atoms with Crippen molar-refractivity contribution in [1.29, 1.82) is 0 Å². The Hall–Kier alpha value is -1.81. The lowest BCUT2D eigenvalue weighted by atomic mass is 10.1. The molecule has 2 aromatic rings. The summed E-state index contributed by atoms with van der Waals surface area (Å²) in [7, 11) is 2.19. The van der Waals surface area contributed by atoms with Crippen LogP contribution in [-0.4, -0.2) is 40.8 Å². The molecule has 2 atom stereocenters. The second-order valence-corrected chi connectivity index (χ2v) is 5.42. The van der Waals surface area contributed by atoms with Crippen molar-refractivity contribution in [3.05, 3.63) is 36.5 Å². The Kier molecular flexibility index (Phi) is 3.25. The van der Waals surface area contributed by atoms with E-state index in [-0.39, 0.29) is 0 Å². The van der Waals surface area contributed by atoms with Crippen LogP contribution in [0.4, 0.5) is 5.69 Å². The SMILES string of the molecule is CC1CC(Nc2cccc(-c3ccn[nH]3)c2)CN1C. The summed E-state index contributed by atoms with van der Waals surface area (Å²) in [4.78, 5) is 2.40. The van der Waals surface area contributed by atoms with Gasteiger partial charge in [0.1, 0.15) is 0 Å². The first kappa shape index (κ1) is 12.2. The molecular formula is C15H20N4. The summed E-state index contributed by atoms with van der Waals surface area (Å²) in [5.41, 5.74) is 3.40. The molecule has 1 aliphatic rings. The van der Waals surface area contributed by atoms with Gasteiger partial charge in [-0.1, -0.05) is 12.1 Å². The van der Waals surface area contributed by atoms with Gasteiger partial charge in [-0.05, 0) is 38.6 Å². The summed E-state index contributed by atoms with van der Waals surface area (Å²) in [5.74, 6) is 0. The molecule has 0 aliphatic carbocycles. The maximum atomic E-state index is 4.00. The minimum absolute atomic E-state index is 0.539. The smallest absolute Gasteiger partial charge is 0.0650 e. The van der Waals surface area contributed by atoms with Crippen LogP contribution >= 0.6 is 0 Å². The second-order valence-electron chi connectivity index (χ2n) is 5.42. The number of rotatable bonds is 3. The molecular weight excluding hydrogens is 236 g/mol. The van der Waals surface area contributed by atoms with E-state index in [1.54, 1.807) is 6.20 Å². The van der Waals surface area contributed by atoms with Crippen LogP contribution < -0.4 is 5.32 Å². The molecule has 1 fully saturated rings. The van der Waals surface area contributed by atoms with Gasteiger partial charge < -0.3 is 10.2 Å². The van der Waals surface area contributed by atoms with Crippen molar-refractivity contribution in [2.24, 2.45) is 0 Å². The first-order chi connectivity index (χ1) is 9.22. The van der Waals surface area contributed by atoms with Crippen LogP contribution in [0.2, 0.25) is 0 Å². The van der Waals surface area contributed by atoms with E-state index in [0.717, 1.165) is 12.2 Å². The summed E-state index contributed by atoms with van der Waals surface area (Å²) in [6.07, 6.45) is 2.98. The van der Waals surface area contributed by atoms with E-state index >= 15 is 0 Å². The number of likely N-dealkylation sites (tertiary alicyclic amines) is 1. The summed E-state index contributed by atoms with van der Waals surface area (Å²) in [6.45, 7) is 3.39. The van der Waals surface area contributed by atoms with E-state index < -0.39 is 0 Å². The highest BCUT2D eigenvalue weighted by atomic mass is 15.2. The molecule has 0 saturated carbocycles. The summed E-state index contributed by atoms with van der Waals surface area (Å²) in [6, 6.07) is 11.7. The zero-order chi connectivity index (χ0) is 13.2. The van der Waals surface area contributed by atoms with Crippen molar-refractivity contribution in [2.75, 3.05) is 18.9 Å². The Morgan fingerprint density at radius 3 is 2.95 bits per heavy atom. The molecule has 2 heterocycles. The fourth-order valence-electron chi connectivity index (χ4n) is 2.73. The van der Waals surface area contributed by atoms with Crippen molar-refractivity contribution in [1.82, 2.24) is 15.1 Å². The molecule has 2 N–H and O–H groups in total. The van der Waals surface area contributed by atoms with Gasteiger partial charge in [0.25, 0.3) is 0 Å². The first-order valence-electron chi connectivity index (χ1n) is 6.79. The number of benzene rings is 1. The predicted molar refractivity (Wildman–Crippen MR) is 78.1 cm³/mol. The number of hydrogen-bond donors (Lipinski definition) is 2. The lowest BCUT2D eigenvalue weighted by Gasteiger charge is -2.15. The van der Waals surface area contributed by atoms with Crippen LogP contribution in [0.1, 0.15) is 13.3 Å². The van der Waals surface area contributed by atoms with Crippen molar-refractivity contribution in [2.45, 2.75) is 25.4 Å². The number of aromatic nitrogens is 2. The fraction of sp³-hybridized carbons (Fsp3) is 0.400. The molecule has 0 bridgehead atoms. The highest BCUT2D eigenvalue weighted by molar-refractivity contribution is 5.64. The standard InChI is InChI=1S/C15H20N4/c1-11-8-14(10-19(11)2)17-13-5-3-4-12(9-13)15-6-7-16-18-15/h3-7,9,11,14,17H,8,10H2,1-2H3,(H,16,18). The lowest BCUT2D eigenvalue weighted by molar-refractivity contribution is 0.330. The number of aromatic amines is 1. The number of anilines is 1. The van der Waals surface area contributed by atoms with Crippen molar-refractivity contribution < 1.29 is 0 Å². The monoisotopic (exact) mass is 256 g/mol. The highest BCUT2D eigenvalue weighted by Gasteiger charge is 2.25. The molecule has 4 heteroatoms. The van der Waals surface area contributed by atoms with Gasteiger partial charge in [0, 0.05) is 36.1 Å². The molecule has 1 saturated heterocycles. The van der Waals surface area contributed by atoms with E-state index in [1.807, 2.05) is 6.07 Å². The molecule has 2 unspecified atom stereocenters. The average Bonchev–Trinajstić information content (AvgIpc) is 3.01. The first-order valence-corrected chi connectivity index (χ1v) is 6.79. The third kappa shape index (κ3) is 2.63. The molecule has 1 aromatic heterocycles. The minimum Gasteiger partial charge on any atom is -0.381 e. The number of H-pyrrole nitrogens is 1. The Morgan fingerprint density at radius 2 is 2.26 bits per heavy atom. The Balaban J connectivity index is 1.74. The maximum Gasteiger partial charge on any atom is 0.0650 e. The van der Waals surface area contributed by atoms with Crippen molar-refractivity contribution in [3.63, 3.8) is 0 Å². The predicted octanol–water partition coefficient (Wildman–Crippen LogP) is 2.58. The van der Waals surface area contributed by atoms with Gasteiger partial charge in [0.05, 0.1) is 5.69 Å². The van der Waals surface area contributed by atoms with Gasteiger partial charge in [0.15, 0.2) is 0 Å². The highest BCUT2D eigenvalue weighted by Crippen LogP contribution is 2.23. The molecule has 0 radical (unpaired) electrons. The van der Waals surface area contributed by atoms with E-state index in [1.165, 1.54) is 17.7 Å². The quantitative estimate of drug-likeness (QED) is 0.887. The van der Waals surface area contributed by atoms with Crippen LogP contribution in [0.15, 0.2) is 36.5 Å². The molecule has 0 amide bonds. The summed E-state index contributed by atoms with van der Waals surface area (Å²) in [5, 5.41) is 10.6. The topological polar surface area (TPSA) is 44.0 Å². The van der Waals surface area contributed by atoms with E-state index in [4.69, 9.17) is 0 Å². The Bertz CT molecular complexity index is 525. The van der Waals surface area contributed by atoms with Crippen LogP contribution in [0, 0.1) is 0 Å². The third-order valence-electron chi connectivity index (χ3n) is 3.93. The summed E-state index contributed by atoms with van der Waals surface area (Å²) < 4.78 is 0. The molecule has 0 spiro atoms. The minimum atomic E-state index is 0.539. The second kappa shape index (κ2) is 5.05. The molecule has 3 rings (SSSR count). The average molecular weight is 256 g/mol. The van der Waals surface area contributed by atoms with Gasteiger partial charge in [-0.3, -0.25) is 5.10 Å². The van der Waals surface area contributed by atoms with Crippen molar-refractivity contribution in [3.8, 4) is 11.3 Å².